The number of nitro benzene ring substituents is 1. The monoisotopic (exact) mass is 499 g/mol. The molecule has 1 atom stereocenters. The number of rotatable bonds is 12. The predicted octanol–water partition coefficient (Wildman–Crippen LogP) is 4.70. The van der Waals surface area contributed by atoms with Crippen LogP contribution in [0.4, 0.5) is 5.69 Å². The van der Waals surface area contributed by atoms with Crippen LogP contribution >= 0.6 is 11.8 Å². The minimum atomic E-state index is -0.561. The molecule has 1 aliphatic rings. The van der Waals surface area contributed by atoms with Gasteiger partial charge in [-0.1, -0.05) is 44.0 Å². The van der Waals surface area contributed by atoms with Crippen molar-refractivity contribution >= 4 is 29.3 Å². The fraction of sp³-hybridized carbons (Fsp3) is 0.462. The molecule has 0 aliphatic heterocycles. The summed E-state index contributed by atoms with van der Waals surface area (Å²) in [5.41, 5.74) is 1.84. The quantitative estimate of drug-likeness (QED) is 0.335. The fourth-order valence-corrected chi connectivity index (χ4v) is 5.18. The fourth-order valence-electron chi connectivity index (χ4n) is 4.31. The molecule has 1 fully saturated rings. The molecule has 8 nitrogen and oxygen atoms in total. The molecule has 2 aromatic carbocycles. The van der Waals surface area contributed by atoms with Crippen molar-refractivity contribution in [2.75, 3.05) is 12.9 Å². The van der Waals surface area contributed by atoms with Crippen LogP contribution in [-0.2, 0) is 21.9 Å². The third-order valence-corrected chi connectivity index (χ3v) is 7.20. The number of hydrogen-bond donors (Lipinski definition) is 1. The van der Waals surface area contributed by atoms with E-state index in [1.54, 1.807) is 24.1 Å². The number of carbonyl (C=O) groups is 2. The molecule has 1 N–H and O–H groups in total. The number of non-ortho nitro benzene ring substituents is 1. The number of thioether (sulfide) groups is 1. The summed E-state index contributed by atoms with van der Waals surface area (Å²) in [5.74, 6) is 1.23. The number of benzene rings is 2. The SMILES string of the molecule is CC[C@@H](C(=O)NC1CCCC1)N(Cc1cccc(OC)c1)C(=O)CSCc1ccc([N+](=O)[O-])cc1. The Bertz CT molecular complexity index is 1010. The maximum Gasteiger partial charge on any atom is 0.269 e. The molecule has 0 bridgehead atoms. The van der Waals surface area contributed by atoms with Gasteiger partial charge in [0.15, 0.2) is 0 Å². The Morgan fingerprint density at radius 3 is 2.51 bits per heavy atom. The van der Waals surface area contributed by atoms with Crippen molar-refractivity contribution in [2.24, 2.45) is 0 Å². The molecular weight excluding hydrogens is 466 g/mol. The van der Waals surface area contributed by atoms with Crippen LogP contribution in [0.5, 0.6) is 5.75 Å². The molecule has 0 saturated heterocycles. The van der Waals surface area contributed by atoms with Gasteiger partial charge in [0, 0.05) is 30.5 Å². The summed E-state index contributed by atoms with van der Waals surface area (Å²) in [5, 5.41) is 14.0. The molecule has 2 amide bonds. The van der Waals surface area contributed by atoms with Crippen LogP contribution in [0.3, 0.4) is 0 Å². The zero-order chi connectivity index (χ0) is 25.2. The Morgan fingerprint density at radius 1 is 1.17 bits per heavy atom. The average molecular weight is 500 g/mol. The van der Waals surface area contributed by atoms with Gasteiger partial charge in [0.05, 0.1) is 17.8 Å². The lowest BCUT2D eigenvalue weighted by atomic mass is 10.1. The summed E-state index contributed by atoms with van der Waals surface area (Å²) in [6.45, 7) is 2.24. The van der Waals surface area contributed by atoms with Gasteiger partial charge < -0.3 is 15.0 Å². The Morgan fingerprint density at radius 2 is 1.89 bits per heavy atom. The normalized spacial score (nSPS) is 14.3. The zero-order valence-corrected chi connectivity index (χ0v) is 21.1. The van der Waals surface area contributed by atoms with Gasteiger partial charge in [-0.05, 0) is 42.5 Å². The van der Waals surface area contributed by atoms with Crippen molar-refractivity contribution in [2.45, 2.75) is 63.4 Å². The van der Waals surface area contributed by atoms with E-state index in [0.717, 1.165) is 36.8 Å². The lowest BCUT2D eigenvalue weighted by Crippen LogP contribution is -2.51. The summed E-state index contributed by atoms with van der Waals surface area (Å²) < 4.78 is 5.33. The average Bonchev–Trinajstić information content (AvgIpc) is 3.37. The maximum atomic E-state index is 13.4. The lowest BCUT2D eigenvalue weighted by molar-refractivity contribution is -0.384. The number of nitro groups is 1. The summed E-state index contributed by atoms with van der Waals surface area (Å²) in [6.07, 6.45) is 4.72. The second-order valence-corrected chi connectivity index (χ2v) is 9.69. The highest BCUT2D eigenvalue weighted by Crippen LogP contribution is 2.22. The smallest absolute Gasteiger partial charge is 0.269 e. The van der Waals surface area contributed by atoms with E-state index < -0.39 is 11.0 Å². The third kappa shape index (κ3) is 7.71. The number of nitrogens with one attached hydrogen (secondary N) is 1. The molecule has 0 heterocycles. The van der Waals surface area contributed by atoms with Gasteiger partial charge in [-0.15, -0.1) is 11.8 Å². The van der Waals surface area contributed by atoms with E-state index in [4.69, 9.17) is 4.74 Å². The molecule has 0 unspecified atom stereocenters. The van der Waals surface area contributed by atoms with E-state index in [1.165, 1.54) is 23.9 Å². The molecule has 9 heteroatoms. The number of hydrogen-bond acceptors (Lipinski definition) is 6. The minimum Gasteiger partial charge on any atom is -0.497 e. The lowest BCUT2D eigenvalue weighted by Gasteiger charge is -2.31. The molecule has 0 spiro atoms. The molecule has 188 valence electrons. The first-order chi connectivity index (χ1) is 16.9. The molecule has 0 radical (unpaired) electrons. The summed E-state index contributed by atoms with van der Waals surface area (Å²) >= 11 is 1.43. The molecule has 1 aliphatic carbocycles. The molecule has 35 heavy (non-hydrogen) atoms. The highest BCUT2D eigenvalue weighted by Gasteiger charge is 2.30. The van der Waals surface area contributed by atoms with Crippen LogP contribution < -0.4 is 10.1 Å². The van der Waals surface area contributed by atoms with E-state index in [-0.39, 0.29) is 29.3 Å². The highest BCUT2D eigenvalue weighted by atomic mass is 32.2. The standard InChI is InChI=1S/C26H33N3O5S/c1-3-24(26(31)27-21-8-4-5-9-21)28(16-20-7-6-10-23(15-20)34-2)25(30)18-35-17-19-11-13-22(14-12-19)29(32)33/h6-7,10-15,21,24H,3-5,8-9,16-18H2,1-2H3,(H,27,31)/t24-/m0/s1. The molecule has 1 saturated carbocycles. The Hall–Kier alpha value is -3.07. The van der Waals surface area contributed by atoms with Crippen LogP contribution in [0.15, 0.2) is 48.5 Å². The second kappa shape index (κ2) is 13.1. The first-order valence-corrected chi connectivity index (χ1v) is 13.1. The van der Waals surface area contributed by atoms with Gasteiger partial charge in [0.2, 0.25) is 11.8 Å². The molecule has 3 rings (SSSR count). The first kappa shape index (κ1) is 26.5. The largest absolute Gasteiger partial charge is 0.497 e. The van der Waals surface area contributed by atoms with Gasteiger partial charge in [-0.25, -0.2) is 0 Å². The van der Waals surface area contributed by atoms with Crippen molar-refractivity contribution in [3.63, 3.8) is 0 Å². The van der Waals surface area contributed by atoms with Crippen LogP contribution in [0, 0.1) is 10.1 Å². The van der Waals surface area contributed by atoms with Gasteiger partial charge in [0.25, 0.3) is 5.69 Å². The van der Waals surface area contributed by atoms with Crippen molar-refractivity contribution < 1.29 is 19.2 Å². The Balaban J connectivity index is 1.70. The van der Waals surface area contributed by atoms with Gasteiger partial charge in [-0.2, -0.15) is 0 Å². The molecular formula is C26H33N3O5S. The van der Waals surface area contributed by atoms with E-state index in [9.17, 15) is 19.7 Å². The van der Waals surface area contributed by atoms with Crippen LogP contribution in [0.2, 0.25) is 0 Å². The summed E-state index contributed by atoms with van der Waals surface area (Å²) in [7, 11) is 1.60. The topological polar surface area (TPSA) is 102 Å². The third-order valence-electron chi connectivity index (χ3n) is 6.22. The van der Waals surface area contributed by atoms with E-state index in [2.05, 4.69) is 5.32 Å². The van der Waals surface area contributed by atoms with Gasteiger partial charge in [-0.3, -0.25) is 19.7 Å². The second-order valence-electron chi connectivity index (χ2n) is 8.70. The number of ether oxygens (including phenoxy) is 1. The summed E-state index contributed by atoms with van der Waals surface area (Å²) in [6, 6.07) is 13.5. The first-order valence-electron chi connectivity index (χ1n) is 11.9. The predicted molar refractivity (Wildman–Crippen MR) is 137 cm³/mol. The van der Waals surface area contributed by atoms with E-state index >= 15 is 0 Å². The maximum absolute atomic E-state index is 13.4. The number of nitrogens with zero attached hydrogens (tertiary/aromatic N) is 2. The van der Waals surface area contributed by atoms with E-state index in [0.29, 0.717) is 24.5 Å². The number of methoxy groups -OCH3 is 1. The number of amides is 2. The minimum absolute atomic E-state index is 0.0401. The van der Waals surface area contributed by atoms with Crippen LogP contribution in [-0.4, -0.2) is 46.6 Å². The van der Waals surface area contributed by atoms with Gasteiger partial charge >= 0.3 is 0 Å². The molecule has 2 aromatic rings. The zero-order valence-electron chi connectivity index (χ0n) is 20.3. The van der Waals surface area contributed by atoms with Crippen molar-refractivity contribution in [3.05, 3.63) is 69.8 Å². The van der Waals surface area contributed by atoms with Crippen molar-refractivity contribution in [1.29, 1.82) is 0 Å². The van der Waals surface area contributed by atoms with Crippen LogP contribution in [0.25, 0.3) is 0 Å². The molecule has 0 aromatic heterocycles. The Labute approximate surface area is 210 Å². The van der Waals surface area contributed by atoms with Crippen LogP contribution in [0.1, 0.15) is 50.2 Å². The van der Waals surface area contributed by atoms with Crippen molar-refractivity contribution in [3.8, 4) is 5.75 Å². The van der Waals surface area contributed by atoms with E-state index in [1.807, 2.05) is 31.2 Å². The van der Waals surface area contributed by atoms with Gasteiger partial charge in [0.1, 0.15) is 11.8 Å². The summed E-state index contributed by atoms with van der Waals surface area (Å²) in [4.78, 5) is 38.6. The highest BCUT2D eigenvalue weighted by molar-refractivity contribution is 7.99. The van der Waals surface area contributed by atoms with Crippen molar-refractivity contribution in [1.82, 2.24) is 10.2 Å². The number of carbonyl (C=O) groups excluding carboxylic acids is 2. The Kier molecular flexibility index (Phi) is 9.96.